The summed E-state index contributed by atoms with van der Waals surface area (Å²) in [5.41, 5.74) is 0.167. The SMILES string of the molecule is COc1cc(Br)cc(OC)c1C(=O)N1CCCC(F)(F)C1. The summed E-state index contributed by atoms with van der Waals surface area (Å²) in [7, 11) is 2.84. The van der Waals surface area contributed by atoms with Crippen molar-refractivity contribution in [2.45, 2.75) is 18.8 Å². The zero-order valence-corrected chi connectivity index (χ0v) is 13.4. The van der Waals surface area contributed by atoms with E-state index in [1.807, 2.05) is 0 Å². The second-order valence-corrected chi connectivity index (χ2v) is 5.79. The summed E-state index contributed by atoms with van der Waals surface area (Å²) in [6, 6.07) is 3.22. The van der Waals surface area contributed by atoms with Gasteiger partial charge < -0.3 is 14.4 Å². The highest BCUT2D eigenvalue weighted by molar-refractivity contribution is 9.10. The van der Waals surface area contributed by atoms with Crippen molar-refractivity contribution in [3.8, 4) is 11.5 Å². The zero-order valence-electron chi connectivity index (χ0n) is 11.8. The van der Waals surface area contributed by atoms with Crippen LogP contribution in [-0.2, 0) is 0 Å². The number of piperidine rings is 1. The molecule has 1 fully saturated rings. The van der Waals surface area contributed by atoms with Crippen LogP contribution in [0.4, 0.5) is 8.78 Å². The molecule has 0 spiro atoms. The average molecular weight is 364 g/mol. The van der Waals surface area contributed by atoms with Gasteiger partial charge in [0.2, 0.25) is 0 Å². The fourth-order valence-corrected chi connectivity index (χ4v) is 2.80. The van der Waals surface area contributed by atoms with Gasteiger partial charge in [0.15, 0.2) is 0 Å². The number of amides is 1. The maximum Gasteiger partial charge on any atom is 0.265 e. The van der Waals surface area contributed by atoms with Crippen molar-refractivity contribution in [3.05, 3.63) is 22.2 Å². The molecular formula is C14H16BrF2NO3. The van der Waals surface area contributed by atoms with Crippen LogP contribution in [0.15, 0.2) is 16.6 Å². The molecule has 1 aromatic carbocycles. The first kappa shape index (κ1) is 16.0. The third-order valence-corrected chi connectivity index (χ3v) is 3.82. The number of hydrogen-bond acceptors (Lipinski definition) is 3. The van der Waals surface area contributed by atoms with Gasteiger partial charge in [-0.2, -0.15) is 0 Å². The standard InChI is InChI=1S/C14H16BrF2NO3/c1-20-10-6-9(15)7-11(21-2)12(10)13(19)18-5-3-4-14(16,17)8-18/h6-7H,3-5,8H2,1-2H3. The van der Waals surface area contributed by atoms with Crippen molar-refractivity contribution in [1.82, 2.24) is 4.90 Å². The molecule has 0 bridgehead atoms. The third kappa shape index (κ3) is 3.45. The molecule has 1 saturated heterocycles. The fraction of sp³-hybridized carbons (Fsp3) is 0.500. The minimum atomic E-state index is -2.84. The predicted molar refractivity (Wildman–Crippen MR) is 77.3 cm³/mol. The van der Waals surface area contributed by atoms with E-state index in [1.54, 1.807) is 12.1 Å². The highest BCUT2D eigenvalue weighted by atomic mass is 79.9. The molecule has 1 heterocycles. The van der Waals surface area contributed by atoms with Crippen LogP contribution in [0.25, 0.3) is 0 Å². The lowest BCUT2D eigenvalue weighted by molar-refractivity contribution is -0.0561. The number of carbonyl (C=O) groups is 1. The van der Waals surface area contributed by atoms with Crippen LogP contribution in [0.5, 0.6) is 11.5 Å². The van der Waals surface area contributed by atoms with Crippen molar-refractivity contribution in [3.63, 3.8) is 0 Å². The molecule has 0 aliphatic carbocycles. The van der Waals surface area contributed by atoms with Crippen LogP contribution in [-0.4, -0.2) is 44.0 Å². The molecule has 1 aliphatic heterocycles. The van der Waals surface area contributed by atoms with Crippen molar-refractivity contribution < 1.29 is 23.0 Å². The highest BCUT2D eigenvalue weighted by Gasteiger charge is 2.38. The summed E-state index contributed by atoms with van der Waals surface area (Å²) in [6.45, 7) is -0.273. The molecule has 0 atom stereocenters. The summed E-state index contributed by atoms with van der Waals surface area (Å²) in [5, 5.41) is 0. The molecule has 7 heteroatoms. The normalized spacial score (nSPS) is 17.5. The third-order valence-electron chi connectivity index (χ3n) is 3.36. The quantitative estimate of drug-likeness (QED) is 0.826. The van der Waals surface area contributed by atoms with Gasteiger partial charge in [-0.1, -0.05) is 15.9 Å². The number of halogens is 3. The predicted octanol–water partition coefficient (Wildman–Crippen LogP) is 3.34. The van der Waals surface area contributed by atoms with E-state index < -0.39 is 18.4 Å². The second kappa shape index (κ2) is 6.17. The number of alkyl halides is 2. The van der Waals surface area contributed by atoms with Gasteiger partial charge in [-0.25, -0.2) is 8.78 Å². The fourth-order valence-electron chi connectivity index (χ4n) is 2.39. The summed E-state index contributed by atoms with van der Waals surface area (Å²) in [5.74, 6) is -2.76. The molecule has 116 valence electrons. The number of nitrogens with zero attached hydrogens (tertiary/aromatic N) is 1. The lowest BCUT2D eigenvalue weighted by Crippen LogP contribution is -2.45. The molecule has 4 nitrogen and oxygen atoms in total. The molecule has 2 rings (SSSR count). The number of likely N-dealkylation sites (tertiary alicyclic amines) is 1. The van der Waals surface area contributed by atoms with Crippen molar-refractivity contribution >= 4 is 21.8 Å². The summed E-state index contributed by atoms with van der Waals surface area (Å²) < 4.78 is 38.0. The van der Waals surface area contributed by atoms with E-state index in [2.05, 4.69) is 15.9 Å². The van der Waals surface area contributed by atoms with Crippen LogP contribution >= 0.6 is 15.9 Å². The molecule has 0 radical (unpaired) electrons. The van der Waals surface area contributed by atoms with Gasteiger partial charge in [-0.3, -0.25) is 4.79 Å². The summed E-state index contributed by atoms with van der Waals surface area (Å²) >= 11 is 3.29. The summed E-state index contributed by atoms with van der Waals surface area (Å²) in [6.07, 6.45) is 0.0886. The molecule has 0 unspecified atom stereocenters. The lowest BCUT2D eigenvalue weighted by atomic mass is 10.0. The highest BCUT2D eigenvalue weighted by Crippen LogP contribution is 2.35. The Morgan fingerprint density at radius 3 is 2.33 bits per heavy atom. The molecule has 1 aromatic rings. The van der Waals surface area contributed by atoms with Gasteiger partial charge in [0, 0.05) is 17.4 Å². The van der Waals surface area contributed by atoms with Crippen LogP contribution < -0.4 is 9.47 Å². The number of methoxy groups -OCH3 is 2. The first-order valence-electron chi connectivity index (χ1n) is 6.46. The monoisotopic (exact) mass is 363 g/mol. The first-order valence-corrected chi connectivity index (χ1v) is 7.26. The Hall–Kier alpha value is -1.37. The van der Waals surface area contributed by atoms with Gasteiger partial charge in [-0.05, 0) is 18.6 Å². The maximum atomic E-state index is 13.5. The van der Waals surface area contributed by atoms with Crippen LogP contribution in [0.3, 0.4) is 0 Å². The molecule has 1 amide bonds. The second-order valence-electron chi connectivity index (χ2n) is 4.87. The Labute approximate surface area is 130 Å². The number of rotatable bonds is 3. The van der Waals surface area contributed by atoms with E-state index in [4.69, 9.17) is 9.47 Å². The minimum Gasteiger partial charge on any atom is -0.496 e. The molecular weight excluding hydrogens is 348 g/mol. The Morgan fingerprint density at radius 2 is 1.86 bits per heavy atom. The maximum absolute atomic E-state index is 13.5. The molecule has 0 saturated carbocycles. The largest absolute Gasteiger partial charge is 0.496 e. The first-order chi connectivity index (χ1) is 9.88. The van der Waals surface area contributed by atoms with E-state index in [1.165, 1.54) is 14.2 Å². The molecule has 0 N–H and O–H groups in total. The van der Waals surface area contributed by atoms with Gasteiger partial charge in [0.25, 0.3) is 11.8 Å². The number of benzene rings is 1. The molecule has 1 aliphatic rings. The number of hydrogen-bond donors (Lipinski definition) is 0. The van der Waals surface area contributed by atoms with E-state index in [9.17, 15) is 13.6 Å². The Kier molecular flexibility index (Phi) is 4.70. The van der Waals surface area contributed by atoms with Crippen molar-refractivity contribution in [2.24, 2.45) is 0 Å². The zero-order chi connectivity index (χ0) is 15.6. The van der Waals surface area contributed by atoms with Crippen LogP contribution in [0.2, 0.25) is 0 Å². The van der Waals surface area contributed by atoms with E-state index in [0.717, 1.165) is 4.90 Å². The van der Waals surface area contributed by atoms with E-state index >= 15 is 0 Å². The average Bonchev–Trinajstić information content (AvgIpc) is 2.44. The van der Waals surface area contributed by atoms with Gasteiger partial charge in [-0.15, -0.1) is 0 Å². The van der Waals surface area contributed by atoms with E-state index in [0.29, 0.717) is 22.5 Å². The lowest BCUT2D eigenvalue weighted by Gasteiger charge is -2.33. The topological polar surface area (TPSA) is 38.8 Å². The number of carbonyl (C=O) groups excluding carboxylic acids is 1. The Bertz CT molecular complexity index is 526. The van der Waals surface area contributed by atoms with Crippen molar-refractivity contribution in [1.29, 1.82) is 0 Å². The minimum absolute atomic E-state index is 0.167. The van der Waals surface area contributed by atoms with Gasteiger partial charge >= 0.3 is 0 Å². The molecule has 0 aromatic heterocycles. The number of ether oxygens (including phenoxy) is 2. The van der Waals surface area contributed by atoms with Crippen LogP contribution in [0, 0.1) is 0 Å². The van der Waals surface area contributed by atoms with E-state index in [-0.39, 0.29) is 18.4 Å². The Morgan fingerprint density at radius 1 is 1.29 bits per heavy atom. The van der Waals surface area contributed by atoms with Gasteiger partial charge in [0.1, 0.15) is 17.1 Å². The summed E-state index contributed by atoms with van der Waals surface area (Å²) in [4.78, 5) is 13.7. The Balaban J connectivity index is 2.38. The van der Waals surface area contributed by atoms with Crippen molar-refractivity contribution in [2.75, 3.05) is 27.3 Å². The smallest absolute Gasteiger partial charge is 0.265 e. The molecule has 21 heavy (non-hydrogen) atoms. The van der Waals surface area contributed by atoms with Gasteiger partial charge in [0.05, 0.1) is 20.8 Å². The van der Waals surface area contributed by atoms with Crippen LogP contribution in [0.1, 0.15) is 23.2 Å².